The first-order valence-corrected chi connectivity index (χ1v) is 12.2. The first kappa shape index (κ1) is 31.0. The molecular weight excluding hydrogens is 612 g/mol. The molecule has 0 spiro atoms. The van der Waals surface area contributed by atoms with Crippen LogP contribution in [0.3, 0.4) is 0 Å². The predicted molar refractivity (Wildman–Crippen MR) is 103 cm³/mol. The molecule has 6 aliphatic carbocycles. The largest absolute Gasteiger partial charge is 0.393 e. The molecule has 6 fully saturated rings. The van der Waals surface area contributed by atoms with E-state index in [9.17, 15) is 75.4 Å². The fourth-order valence-corrected chi connectivity index (χ4v) is 8.22. The van der Waals surface area contributed by atoms with Crippen LogP contribution in [0.25, 0.3) is 0 Å². The molecule has 6 saturated carbocycles. The summed E-state index contributed by atoms with van der Waals surface area (Å²) in [5, 5.41) is 9.29. The van der Waals surface area contributed by atoms with Gasteiger partial charge in [0.1, 0.15) is 0 Å². The van der Waals surface area contributed by atoms with E-state index in [0.29, 0.717) is 0 Å². The standard InChI is InChI=1S/C13H12F8O.C10H8F8O/c1-2-3-22-8-5-6-4-7(8)10(15)9(6,14)11(16,17)13(20,21)12(10,18)19;11-6-3-1-4(5(19)2-3)7(6,12)9(15,16)10(17,18)8(6,13)14/h2,6-8H,1,3-5H2;3-5,19H,1-2H2. The fourth-order valence-electron chi connectivity index (χ4n) is 8.22. The minimum absolute atomic E-state index is 0.207. The van der Waals surface area contributed by atoms with E-state index < -0.39 is 120 Å². The molecule has 0 aromatic heterocycles. The summed E-state index contributed by atoms with van der Waals surface area (Å²) in [4.78, 5) is 0. The second-order valence-corrected chi connectivity index (χ2v) is 11.6. The molecule has 6 rings (SSSR count). The van der Waals surface area contributed by atoms with Gasteiger partial charge >= 0.3 is 35.5 Å². The normalized spacial score (nSPS) is 53.0. The minimum atomic E-state index is -6.13. The van der Waals surface area contributed by atoms with Crippen molar-refractivity contribution in [2.75, 3.05) is 6.61 Å². The number of alkyl halides is 16. The Balaban J connectivity index is 0.000000166. The van der Waals surface area contributed by atoms with Gasteiger partial charge in [0.05, 0.1) is 18.8 Å². The summed E-state index contributed by atoms with van der Waals surface area (Å²) in [6.45, 7) is 3.07. The van der Waals surface area contributed by atoms with Crippen molar-refractivity contribution in [1.82, 2.24) is 0 Å². The Labute approximate surface area is 220 Å². The molecule has 0 saturated heterocycles. The summed E-state index contributed by atoms with van der Waals surface area (Å²) in [6, 6.07) is 0. The zero-order valence-electron chi connectivity index (χ0n) is 20.2. The van der Waals surface area contributed by atoms with E-state index in [0.717, 1.165) is 0 Å². The summed E-state index contributed by atoms with van der Waals surface area (Å²) in [7, 11) is 0. The molecule has 0 radical (unpaired) electrons. The lowest BCUT2D eigenvalue weighted by Crippen LogP contribution is -2.63. The van der Waals surface area contributed by atoms with Crippen LogP contribution in [0.15, 0.2) is 12.7 Å². The first-order valence-electron chi connectivity index (χ1n) is 12.2. The molecule has 0 heterocycles. The molecule has 0 aromatic carbocycles. The van der Waals surface area contributed by atoms with Gasteiger partial charge < -0.3 is 9.84 Å². The lowest BCUT2D eigenvalue weighted by atomic mass is 9.73. The molecule has 0 aromatic rings. The van der Waals surface area contributed by atoms with Gasteiger partial charge in [0.2, 0.25) is 22.7 Å². The second kappa shape index (κ2) is 7.78. The number of aliphatic hydroxyl groups excluding tert-OH is 1. The van der Waals surface area contributed by atoms with E-state index in [1.54, 1.807) is 0 Å². The SMILES string of the molecule is C=CCOC1CC2CC1C1(F)C(F)(F)C(F)(F)C(F)(F)C21F.OC1CC2CC1C1(F)C(F)(F)C(F)(F)C(F)(F)C21F. The third-order valence-corrected chi connectivity index (χ3v) is 10.1. The number of halogens is 16. The Morgan fingerprint density at radius 2 is 0.902 bits per heavy atom. The molecule has 10 unspecified atom stereocenters. The highest BCUT2D eigenvalue weighted by Gasteiger charge is 3.05. The maximum absolute atomic E-state index is 14.8. The molecule has 6 aliphatic rings. The van der Waals surface area contributed by atoms with Gasteiger partial charge in [0, 0.05) is 23.7 Å². The van der Waals surface area contributed by atoms with Crippen molar-refractivity contribution in [3.05, 3.63) is 12.7 Å². The van der Waals surface area contributed by atoms with Crippen molar-refractivity contribution in [2.24, 2.45) is 23.7 Å². The molecular formula is C23H20F16O2. The first-order chi connectivity index (χ1) is 18.3. The van der Waals surface area contributed by atoms with Crippen LogP contribution < -0.4 is 0 Å². The van der Waals surface area contributed by atoms with Gasteiger partial charge in [-0.1, -0.05) is 6.08 Å². The van der Waals surface area contributed by atoms with Crippen molar-refractivity contribution >= 4 is 0 Å². The van der Waals surface area contributed by atoms with E-state index in [4.69, 9.17) is 4.74 Å². The molecule has 2 nitrogen and oxygen atoms in total. The zero-order valence-corrected chi connectivity index (χ0v) is 20.2. The number of hydrogen-bond donors (Lipinski definition) is 1. The Hall–Kier alpha value is -1.46. The summed E-state index contributed by atoms with van der Waals surface area (Å²) in [6.07, 6.45) is -4.67. The van der Waals surface area contributed by atoms with Crippen LogP contribution in [0, 0.1) is 23.7 Å². The van der Waals surface area contributed by atoms with Crippen LogP contribution in [0.4, 0.5) is 70.2 Å². The molecule has 10 atom stereocenters. The third-order valence-electron chi connectivity index (χ3n) is 10.1. The highest BCUT2D eigenvalue weighted by atomic mass is 19.4. The topological polar surface area (TPSA) is 29.5 Å². The van der Waals surface area contributed by atoms with E-state index >= 15 is 0 Å². The van der Waals surface area contributed by atoms with Crippen LogP contribution in [0.1, 0.15) is 25.7 Å². The van der Waals surface area contributed by atoms with Crippen LogP contribution >= 0.6 is 0 Å². The van der Waals surface area contributed by atoms with E-state index in [1.807, 2.05) is 0 Å². The van der Waals surface area contributed by atoms with Crippen molar-refractivity contribution in [3.8, 4) is 0 Å². The monoisotopic (exact) mass is 632 g/mol. The van der Waals surface area contributed by atoms with Gasteiger partial charge in [-0.2, -0.15) is 52.7 Å². The summed E-state index contributed by atoms with van der Waals surface area (Å²) < 4.78 is 225. The van der Waals surface area contributed by atoms with E-state index in [2.05, 4.69) is 6.58 Å². The highest BCUT2D eigenvalue weighted by Crippen LogP contribution is 2.80. The van der Waals surface area contributed by atoms with Gasteiger partial charge in [-0.15, -0.1) is 6.58 Å². The zero-order chi connectivity index (χ0) is 31.4. The fraction of sp³-hybridized carbons (Fsp3) is 0.913. The van der Waals surface area contributed by atoms with Crippen LogP contribution in [-0.4, -0.2) is 82.1 Å². The number of aliphatic hydroxyl groups is 1. The summed E-state index contributed by atoms with van der Waals surface area (Å²) >= 11 is 0. The number of fused-ring (bicyclic) bond motifs is 10. The average Bonchev–Trinajstić information content (AvgIpc) is 3.59. The molecule has 4 bridgehead atoms. The minimum Gasteiger partial charge on any atom is -0.393 e. The third kappa shape index (κ3) is 2.61. The Kier molecular flexibility index (Phi) is 5.88. The van der Waals surface area contributed by atoms with Crippen molar-refractivity contribution < 1.29 is 80.1 Å². The highest BCUT2D eigenvalue weighted by molar-refractivity contribution is 5.40. The predicted octanol–water partition coefficient (Wildman–Crippen LogP) is 6.66. The quantitative estimate of drug-likeness (QED) is 0.279. The molecule has 0 aliphatic heterocycles. The van der Waals surface area contributed by atoms with Gasteiger partial charge in [-0.3, -0.25) is 0 Å². The maximum Gasteiger partial charge on any atom is 0.378 e. The number of hydrogen-bond acceptors (Lipinski definition) is 2. The lowest BCUT2D eigenvalue weighted by Gasteiger charge is -2.42. The summed E-state index contributed by atoms with van der Waals surface area (Å²) in [5.41, 5.74) is -18.7. The molecule has 18 heteroatoms. The van der Waals surface area contributed by atoms with Gasteiger partial charge in [0.15, 0.2) is 0 Å². The van der Waals surface area contributed by atoms with Crippen molar-refractivity contribution in [1.29, 1.82) is 0 Å². The maximum atomic E-state index is 14.8. The molecule has 0 amide bonds. The number of rotatable bonds is 3. The van der Waals surface area contributed by atoms with Gasteiger partial charge in [-0.05, 0) is 25.7 Å². The van der Waals surface area contributed by atoms with Crippen LogP contribution in [0.5, 0.6) is 0 Å². The van der Waals surface area contributed by atoms with Crippen molar-refractivity contribution in [2.45, 2.75) is 96.1 Å². The Bertz CT molecular complexity index is 1140. The number of ether oxygens (including phenoxy) is 1. The summed E-state index contributed by atoms with van der Waals surface area (Å²) in [5.74, 6) is -43.9. The van der Waals surface area contributed by atoms with E-state index in [1.165, 1.54) is 6.08 Å². The molecule has 236 valence electrons. The lowest BCUT2D eigenvalue weighted by molar-refractivity contribution is -0.298. The Morgan fingerprint density at radius 3 is 1.34 bits per heavy atom. The van der Waals surface area contributed by atoms with Gasteiger partial charge in [-0.25, -0.2) is 17.6 Å². The van der Waals surface area contributed by atoms with Crippen LogP contribution in [-0.2, 0) is 4.74 Å². The van der Waals surface area contributed by atoms with Crippen molar-refractivity contribution in [3.63, 3.8) is 0 Å². The second-order valence-electron chi connectivity index (χ2n) is 11.6. The molecule has 1 N–H and O–H groups in total. The average molecular weight is 632 g/mol. The molecule has 41 heavy (non-hydrogen) atoms. The van der Waals surface area contributed by atoms with Crippen LogP contribution in [0.2, 0.25) is 0 Å². The van der Waals surface area contributed by atoms with Gasteiger partial charge in [0.25, 0.3) is 0 Å². The van der Waals surface area contributed by atoms with E-state index in [-0.39, 0.29) is 6.61 Å². The smallest absolute Gasteiger partial charge is 0.378 e. The Morgan fingerprint density at radius 1 is 0.537 bits per heavy atom.